The first-order valence-corrected chi connectivity index (χ1v) is 8.99. The van der Waals surface area contributed by atoms with Gasteiger partial charge in [-0.15, -0.1) is 0 Å². The molecule has 1 aromatic rings. The molecule has 2 N–H and O–H groups in total. The minimum atomic E-state index is -0.885. The number of aryl methyl sites for hydroxylation is 1. The Kier molecular flexibility index (Phi) is 5.61. The lowest BCUT2D eigenvalue weighted by molar-refractivity contribution is 0.252. The number of nitrogens with one attached hydrogen (secondary N) is 2. The molecule has 1 aromatic carbocycles. The van der Waals surface area contributed by atoms with Gasteiger partial charge < -0.3 is 15.5 Å². The minimum absolute atomic E-state index is 0.256. The highest BCUT2D eigenvalue weighted by Gasteiger charge is 2.14. The number of benzene rings is 1. The van der Waals surface area contributed by atoms with Crippen molar-refractivity contribution in [3.05, 3.63) is 23.8 Å². The van der Waals surface area contributed by atoms with E-state index in [1.54, 1.807) is 6.26 Å². The number of nitrogens with zero attached hydrogens (tertiary/aromatic N) is 1. The number of urea groups is 1. The third kappa shape index (κ3) is 4.74. The number of anilines is 2. The lowest BCUT2D eigenvalue weighted by Crippen LogP contribution is -2.31. The van der Waals surface area contributed by atoms with Gasteiger partial charge >= 0.3 is 6.03 Å². The quantitative estimate of drug-likeness (QED) is 0.875. The number of carbonyl (C=O) groups excluding carboxylic acids is 1. The van der Waals surface area contributed by atoms with Crippen LogP contribution in [-0.2, 0) is 10.8 Å². The first-order valence-electron chi connectivity index (χ1n) is 7.27. The van der Waals surface area contributed by atoms with Crippen LogP contribution in [0.1, 0.15) is 18.4 Å². The summed E-state index contributed by atoms with van der Waals surface area (Å²) in [5.74, 6) is 0.473. The summed E-state index contributed by atoms with van der Waals surface area (Å²) in [6.07, 6.45) is 4.13. The van der Waals surface area contributed by atoms with Gasteiger partial charge in [0.2, 0.25) is 0 Å². The maximum atomic E-state index is 11.7. The van der Waals surface area contributed by atoms with Crippen LogP contribution in [0.3, 0.4) is 0 Å². The minimum Gasteiger partial charge on any atom is -0.371 e. The maximum absolute atomic E-state index is 11.7. The summed E-state index contributed by atoms with van der Waals surface area (Å²) in [4.78, 5) is 14.1. The molecule has 0 aliphatic carbocycles. The fourth-order valence-electron chi connectivity index (χ4n) is 2.53. The van der Waals surface area contributed by atoms with Crippen LogP contribution < -0.4 is 15.5 Å². The summed E-state index contributed by atoms with van der Waals surface area (Å²) in [6, 6.07) is 5.73. The number of amides is 2. The number of hydrogen-bond donors (Lipinski definition) is 2. The van der Waals surface area contributed by atoms with Crippen molar-refractivity contribution in [2.24, 2.45) is 0 Å². The molecule has 0 radical (unpaired) electrons. The molecule has 6 heteroatoms. The monoisotopic (exact) mass is 309 g/mol. The van der Waals surface area contributed by atoms with Gasteiger partial charge in [-0.25, -0.2) is 4.79 Å². The molecule has 116 valence electrons. The van der Waals surface area contributed by atoms with Gasteiger partial charge in [0.1, 0.15) is 0 Å². The summed E-state index contributed by atoms with van der Waals surface area (Å²) in [5, 5.41) is 5.50. The molecule has 0 spiro atoms. The van der Waals surface area contributed by atoms with E-state index >= 15 is 0 Å². The van der Waals surface area contributed by atoms with Crippen molar-refractivity contribution in [2.45, 2.75) is 19.8 Å². The zero-order valence-electron chi connectivity index (χ0n) is 12.6. The van der Waals surface area contributed by atoms with Crippen molar-refractivity contribution < 1.29 is 9.00 Å². The van der Waals surface area contributed by atoms with E-state index in [1.807, 2.05) is 12.1 Å². The van der Waals surface area contributed by atoms with Crippen LogP contribution in [0.25, 0.3) is 0 Å². The molecule has 1 heterocycles. The van der Waals surface area contributed by atoms with Crippen molar-refractivity contribution in [2.75, 3.05) is 41.9 Å². The van der Waals surface area contributed by atoms with Gasteiger partial charge in [0.05, 0.1) is 0 Å². The van der Waals surface area contributed by atoms with E-state index in [2.05, 4.69) is 28.5 Å². The van der Waals surface area contributed by atoms with Gasteiger partial charge in [-0.1, -0.05) is 0 Å². The van der Waals surface area contributed by atoms with E-state index in [4.69, 9.17) is 0 Å². The average molecular weight is 309 g/mol. The molecule has 0 saturated carbocycles. The first kappa shape index (κ1) is 15.8. The fourth-order valence-corrected chi connectivity index (χ4v) is 2.92. The van der Waals surface area contributed by atoms with Crippen molar-refractivity contribution in [3.63, 3.8) is 0 Å². The molecule has 2 rings (SSSR count). The highest BCUT2D eigenvalue weighted by atomic mass is 32.2. The highest BCUT2D eigenvalue weighted by Crippen LogP contribution is 2.26. The Bertz CT molecular complexity index is 528. The van der Waals surface area contributed by atoms with Crippen molar-refractivity contribution in [1.29, 1.82) is 0 Å². The summed E-state index contributed by atoms with van der Waals surface area (Å²) in [5.41, 5.74) is 3.20. The van der Waals surface area contributed by atoms with Crippen LogP contribution in [-0.4, -0.2) is 41.9 Å². The smallest absolute Gasteiger partial charge is 0.319 e. The molecule has 1 aliphatic rings. The van der Waals surface area contributed by atoms with E-state index in [1.165, 1.54) is 24.1 Å². The molecule has 1 fully saturated rings. The Labute approximate surface area is 128 Å². The van der Waals surface area contributed by atoms with Gasteiger partial charge in [0, 0.05) is 53.8 Å². The molecule has 1 saturated heterocycles. The summed E-state index contributed by atoms with van der Waals surface area (Å²) in [6.45, 7) is 4.71. The van der Waals surface area contributed by atoms with Crippen molar-refractivity contribution in [3.8, 4) is 0 Å². The third-order valence-electron chi connectivity index (χ3n) is 3.58. The van der Waals surface area contributed by atoms with E-state index < -0.39 is 10.8 Å². The average Bonchev–Trinajstić information content (AvgIpc) is 2.92. The Morgan fingerprint density at radius 1 is 1.33 bits per heavy atom. The normalized spacial score (nSPS) is 15.8. The lowest BCUT2D eigenvalue weighted by atomic mass is 10.1. The predicted octanol–water partition coefficient (Wildman–Crippen LogP) is 2.10. The van der Waals surface area contributed by atoms with Gasteiger partial charge in [0.25, 0.3) is 0 Å². The van der Waals surface area contributed by atoms with Crippen LogP contribution in [0.5, 0.6) is 0 Å². The second-order valence-electron chi connectivity index (χ2n) is 5.35. The molecule has 5 nitrogen and oxygen atoms in total. The van der Waals surface area contributed by atoms with Gasteiger partial charge in [0.15, 0.2) is 0 Å². The van der Waals surface area contributed by atoms with Crippen LogP contribution in [0, 0.1) is 6.92 Å². The highest BCUT2D eigenvalue weighted by molar-refractivity contribution is 7.84. The number of hydrogen-bond acceptors (Lipinski definition) is 3. The summed E-state index contributed by atoms with van der Waals surface area (Å²) >= 11 is 0. The van der Waals surface area contributed by atoms with Crippen LogP contribution in [0.2, 0.25) is 0 Å². The van der Waals surface area contributed by atoms with E-state index in [0.717, 1.165) is 18.8 Å². The molecule has 0 aromatic heterocycles. The van der Waals surface area contributed by atoms with Gasteiger partial charge in [-0.05, 0) is 43.5 Å². The summed E-state index contributed by atoms with van der Waals surface area (Å²) < 4.78 is 10.9. The summed E-state index contributed by atoms with van der Waals surface area (Å²) in [7, 11) is -0.885. The fraction of sp³-hybridized carbons (Fsp3) is 0.533. The zero-order valence-corrected chi connectivity index (χ0v) is 13.5. The Balaban J connectivity index is 1.90. The van der Waals surface area contributed by atoms with Crippen molar-refractivity contribution >= 4 is 28.2 Å². The number of rotatable bonds is 5. The lowest BCUT2D eigenvalue weighted by Gasteiger charge is -2.20. The van der Waals surface area contributed by atoms with E-state index in [0.29, 0.717) is 12.3 Å². The van der Waals surface area contributed by atoms with E-state index in [9.17, 15) is 9.00 Å². The molecular weight excluding hydrogens is 286 g/mol. The topological polar surface area (TPSA) is 61.4 Å². The molecule has 1 aliphatic heterocycles. The Morgan fingerprint density at radius 2 is 2.05 bits per heavy atom. The third-order valence-corrected chi connectivity index (χ3v) is 4.36. The standard InChI is InChI=1S/C15H23N3O2S/c1-12-11-13(17-15(19)16-7-10-21(2)20)5-6-14(12)18-8-3-4-9-18/h5-6,11H,3-4,7-10H2,1-2H3,(H2,16,17,19). The molecular formula is C15H23N3O2S. The van der Waals surface area contributed by atoms with Gasteiger partial charge in [-0.2, -0.15) is 0 Å². The second-order valence-corrected chi connectivity index (χ2v) is 6.91. The second kappa shape index (κ2) is 7.45. The molecule has 1 unspecified atom stereocenters. The van der Waals surface area contributed by atoms with Crippen LogP contribution in [0.15, 0.2) is 18.2 Å². The maximum Gasteiger partial charge on any atom is 0.319 e. The Morgan fingerprint density at radius 3 is 2.67 bits per heavy atom. The van der Waals surface area contributed by atoms with Gasteiger partial charge in [-0.3, -0.25) is 4.21 Å². The Hall–Kier alpha value is -1.56. The predicted molar refractivity (Wildman–Crippen MR) is 88.6 cm³/mol. The molecule has 21 heavy (non-hydrogen) atoms. The zero-order chi connectivity index (χ0) is 15.2. The first-order chi connectivity index (χ1) is 10.1. The molecule has 2 amide bonds. The van der Waals surface area contributed by atoms with Crippen LogP contribution in [0.4, 0.5) is 16.2 Å². The number of carbonyl (C=O) groups is 1. The molecule has 0 bridgehead atoms. The molecule has 1 atom stereocenters. The van der Waals surface area contributed by atoms with E-state index in [-0.39, 0.29) is 6.03 Å². The van der Waals surface area contributed by atoms with Crippen LogP contribution >= 0.6 is 0 Å². The largest absolute Gasteiger partial charge is 0.371 e. The SMILES string of the molecule is Cc1cc(NC(=O)NCCS(C)=O)ccc1N1CCCC1. The van der Waals surface area contributed by atoms with Crippen molar-refractivity contribution in [1.82, 2.24) is 5.32 Å².